The molecule has 4 rings (SSSR count). The number of sulfone groups is 1. The third-order valence-electron chi connectivity index (χ3n) is 5.52. The Morgan fingerprint density at radius 1 is 1.24 bits per heavy atom. The minimum atomic E-state index is -2.89. The average Bonchev–Trinajstić information content (AvgIpc) is 3.30. The molecule has 1 aliphatic heterocycles. The fraction of sp³-hybridized carbons (Fsp3) is 0.611. The standard InChI is InChI=1S/C18H25N3O2S2/c1-12-9-16(13(2)21(12)15-7-8-25(22,23)11-15)17-10-24-18(20-17)19-14-5-3-4-6-14/h9-10,14-15H,3-8,11H2,1-2H3,(H,19,20)/t15-/m1/s1. The second-order valence-electron chi connectivity index (χ2n) is 7.38. The van der Waals surface area contributed by atoms with Crippen LogP contribution in [-0.4, -0.2) is 35.5 Å². The summed E-state index contributed by atoms with van der Waals surface area (Å²) in [5.41, 5.74) is 4.36. The van der Waals surface area contributed by atoms with Gasteiger partial charge in [0.25, 0.3) is 0 Å². The third kappa shape index (κ3) is 3.36. The van der Waals surface area contributed by atoms with Gasteiger partial charge in [0.05, 0.1) is 17.2 Å². The van der Waals surface area contributed by atoms with E-state index in [1.807, 2.05) is 0 Å². The quantitative estimate of drug-likeness (QED) is 0.874. The van der Waals surface area contributed by atoms with Gasteiger partial charge in [-0.3, -0.25) is 0 Å². The number of nitrogens with one attached hydrogen (secondary N) is 1. The first-order valence-electron chi connectivity index (χ1n) is 9.04. The lowest BCUT2D eigenvalue weighted by molar-refractivity contribution is 0.536. The van der Waals surface area contributed by atoms with E-state index in [9.17, 15) is 8.42 Å². The highest BCUT2D eigenvalue weighted by atomic mass is 32.2. The Bertz CT molecular complexity index is 876. The molecule has 0 bridgehead atoms. The first-order chi connectivity index (χ1) is 11.9. The van der Waals surface area contributed by atoms with E-state index in [1.165, 1.54) is 25.7 Å². The lowest BCUT2D eigenvalue weighted by Gasteiger charge is -2.16. The van der Waals surface area contributed by atoms with Gasteiger partial charge in [-0.2, -0.15) is 0 Å². The highest BCUT2D eigenvalue weighted by Crippen LogP contribution is 2.35. The van der Waals surface area contributed by atoms with Gasteiger partial charge in [0.15, 0.2) is 15.0 Å². The molecule has 136 valence electrons. The van der Waals surface area contributed by atoms with Gasteiger partial charge in [0.2, 0.25) is 0 Å². The van der Waals surface area contributed by atoms with Crippen molar-refractivity contribution in [3.05, 3.63) is 22.8 Å². The molecule has 2 fully saturated rings. The van der Waals surface area contributed by atoms with E-state index in [0.717, 1.165) is 27.8 Å². The SMILES string of the molecule is Cc1cc(-c2csc(NC3CCCC3)n2)c(C)n1[C@@H]1CCS(=O)(=O)C1. The van der Waals surface area contributed by atoms with E-state index >= 15 is 0 Å². The molecular formula is C18H25N3O2S2. The maximum atomic E-state index is 11.8. The Morgan fingerprint density at radius 2 is 2.00 bits per heavy atom. The average molecular weight is 380 g/mol. The summed E-state index contributed by atoms with van der Waals surface area (Å²) in [7, 11) is -2.89. The van der Waals surface area contributed by atoms with Crippen molar-refractivity contribution < 1.29 is 8.42 Å². The zero-order valence-corrected chi connectivity index (χ0v) is 16.4. The monoisotopic (exact) mass is 379 g/mol. The third-order valence-corrected chi connectivity index (χ3v) is 8.04. The Kier molecular flexibility index (Phi) is 4.40. The van der Waals surface area contributed by atoms with Gasteiger partial charge >= 0.3 is 0 Å². The van der Waals surface area contributed by atoms with Gasteiger partial charge in [-0.05, 0) is 39.2 Å². The Hall–Kier alpha value is -1.34. The van der Waals surface area contributed by atoms with Crippen LogP contribution >= 0.6 is 11.3 Å². The van der Waals surface area contributed by atoms with Crippen LogP contribution in [0.2, 0.25) is 0 Å². The number of thiazole rings is 1. The molecule has 1 aliphatic carbocycles. The Morgan fingerprint density at radius 3 is 2.68 bits per heavy atom. The van der Waals surface area contributed by atoms with Gasteiger partial charge in [-0.15, -0.1) is 11.3 Å². The second kappa shape index (κ2) is 6.43. The van der Waals surface area contributed by atoms with Crippen LogP contribution in [0, 0.1) is 13.8 Å². The van der Waals surface area contributed by atoms with Gasteiger partial charge in [-0.25, -0.2) is 13.4 Å². The second-order valence-corrected chi connectivity index (χ2v) is 10.5. The van der Waals surface area contributed by atoms with Crippen molar-refractivity contribution in [2.24, 2.45) is 0 Å². The largest absolute Gasteiger partial charge is 0.359 e. The Labute approximate surface area is 153 Å². The molecule has 1 atom stereocenters. The van der Waals surface area contributed by atoms with E-state index in [2.05, 4.69) is 35.2 Å². The van der Waals surface area contributed by atoms with E-state index in [1.54, 1.807) is 11.3 Å². The molecule has 3 heterocycles. The van der Waals surface area contributed by atoms with Crippen molar-refractivity contribution in [3.8, 4) is 11.3 Å². The molecule has 0 aromatic carbocycles. The fourth-order valence-corrected chi connectivity index (χ4v) is 6.77. The van der Waals surface area contributed by atoms with E-state index in [-0.39, 0.29) is 11.8 Å². The van der Waals surface area contributed by atoms with Gasteiger partial charge in [-0.1, -0.05) is 12.8 Å². The zero-order valence-electron chi connectivity index (χ0n) is 14.8. The maximum absolute atomic E-state index is 11.8. The summed E-state index contributed by atoms with van der Waals surface area (Å²) in [4.78, 5) is 4.79. The Balaban J connectivity index is 1.59. The van der Waals surface area contributed by atoms with Crippen LogP contribution < -0.4 is 5.32 Å². The zero-order chi connectivity index (χ0) is 17.6. The van der Waals surface area contributed by atoms with Crippen molar-refractivity contribution in [3.63, 3.8) is 0 Å². The van der Waals surface area contributed by atoms with Crippen LogP contribution in [0.3, 0.4) is 0 Å². The van der Waals surface area contributed by atoms with Crippen LogP contribution in [-0.2, 0) is 9.84 Å². The predicted molar refractivity (Wildman–Crippen MR) is 103 cm³/mol. The highest BCUT2D eigenvalue weighted by molar-refractivity contribution is 7.91. The van der Waals surface area contributed by atoms with Gasteiger partial charge in [0.1, 0.15) is 0 Å². The topological polar surface area (TPSA) is 64.0 Å². The molecule has 1 saturated carbocycles. The number of hydrogen-bond donors (Lipinski definition) is 1. The molecule has 0 spiro atoms. The summed E-state index contributed by atoms with van der Waals surface area (Å²) in [6.45, 7) is 4.14. The fourth-order valence-electron chi connectivity index (χ4n) is 4.29. The molecule has 1 saturated heterocycles. The molecular weight excluding hydrogens is 354 g/mol. The van der Waals surface area contributed by atoms with E-state index < -0.39 is 9.84 Å². The first-order valence-corrected chi connectivity index (χ1v) is 11.7. The van der Waals surface area contributed by atoms with Crippen LogP contribution in [0.1, 0.15) is 49.5 Å². The van der Waals surface area contributed by atoms with Crippen molar-refractivity contribution in [2.45, 2.75) is 58.0 Å². The number of anilines is 1. The minimum Gasteiger partial charge on any atom is -0.359 e. The van der Waals surface area contributed by atoms with Crippen molar-refractivity contribution in [2.75, 3.05) is 16.8 Å². The van der Waals surface area contributed by atoms with Gasteiger partial charge < -0.3 is 9.88 Å². The molecule has 0 amide bonds. The number of nitrogens with zero attached hydrogens (tertiary/aromatic N) is 2. The lowest BCUT2D eigenvalue weighted by Crippen LogP contribution is -2.14. The van der Waals surface area contributed by atoms with E-state index in [4.69, 9.17) is 4.98 Å². The minimum absolute atomic E-state index is 0.0634. The molecule has 0 unspecified atom stereocenters. The summed E-state index contributed by atoms with van der Waals surface area (Å²) in [6, 6.07) is 2.78. The summed E-state index contributed by atoms with van der Waals surface area (Å²) in [6.07, 6.45) is 5.80. The van der Waals surface area contributed by atoms with E-state index in [0.29, 0.717) is 18.2 Å². The van der Waals surface area contributed by atoms with Gasteiger partial charge in [0, 0.05) is 34.4 Å². The number of hydrogen-bond acceptors (Lipinski definition) is 5. The van der Waals surface area contributed by atoms with Crippen LogP contribution in [0.5, 0.6) is 0 Å². The van der Waals surface area contributed by atoms with Crippen molar-refractivity contribution in [1.29, 1.82) is 0 Å². The maximum Gasteiger partial charge on any atom is 0.183 e. The summed E-state index contributed by atoms with van der Waals surface area (Å²) in [5.74, 6) is 0.560. The van der Waals surface area contributed by atoms with Crippen LogP contribution in [0.15, 0.2) is 11.4 Å². The summed E-state index contributed by atoms with van der Waals surface area (Å²) >= 11 is 1.66. The van der Waals surface area contributed by atoms with Crippen molar-refractivity contribution >= 4 is 26.3 Å². The molecule has 5 nitrogen and oxygen atoms in total. The summed E-state index contributed by atoms with van der Waals surface area (Å²) < 4.78 is 25.9. The molecule has 25 heavy (non-hydrogen) atoms. The van der Waals surface area contributed by atoms with Crippen LogP contribution in [0.4, 0.5) is 5.13 Å². The molecule has 2 aromatic heterocycles. The summed E-state index contributed by atoms with van der Waals surface area (Å²) in [5, 5.41) is 6.66. The number of aryl methyl sites for hydroxylation is 1. The smallest absolute Gasteiger partial charge is 0.183 e. The predicted octanol–water partition coefficient (Wildman–Crippen LogP) is 3.94. The molecule has 7 heteroatoms. The molecule has 1 N–H and O–H groups in total. The molecule has 0 radical (unpaired) electrons. The molecule has 2 aliphatic rings. The lowest BCUT2D eigenvalue weighted by atomic mass is 10.2. The molecule has 2 aromatic rings. The number of rotatable bonds is 4. The normalized spacial score (nSPS) is 23.4. The van der Waals surface area contributed by atoms with Crippen molar-refractivity contribution in [1.82, 2.24) is 9.55 Å². The van der Waals surface area contributed by atoms with Crippen LogP contribution in [0.25, 0.3) is 11.3 Å². The highest BCUT2D eigenvalue weighted by Gasteiger charge is 2.31. The first kappa shape index (κ1) is 17.1. The number of aromatic nitrogens is 2.